The Labute approximate surface area is 141 Å². The molecule has 0 N–H and O–H groups in total. The van der Waals surface area contributed by atoms with Crippen molar-refractivity contribution in [2.75, 3.05) is 13.7 Å². The molecule has 0 aliphatic heterocycles. The Balaban J connectivity index is 1.83. The highest BCUT2D eigenvalue weighted by molar-refractivity contribution is 5.90. The second-order valence-corrected chi connectivity index (χ2v) is 6.60. The van der Waals surface area contributed by atoms with Gasteiger partial charge < -0.3 is 14.1 Å². The van der Waals surface area contributed by atoms with Gasteiger partial charge in [0.05, 0.1) is 19.8 Å². The van der Waals surface area contributed by atoms with Crippen LogP contribution >= 0.6 is 0 Å². The Kier molecular flexibility index (Phi) is 4.60. The van der Waals surface area contributed by atoms with Gasteiger partial charge in [-0.05, 0) is 56.4 Å². The van der Waals surface area contributed by atoms with E-state index in [2.05, 4.69) is 16.9 Å². The van der Waals surface area contributed by atoms with E-state index in [4.69, 9.17) is 4.42 Å². The Bertz CT molecular complexity index is 775. The molecule has 128 valence electrons. The smallest absolute Gasteiger partial charge is 0.325 e. The summed E-state index contributed by atoms with van der Waals surface area (Å²) in [6.07, 6.45) is 5.25. The van der Waals surface area contributed by atoms with Gasteiger partial charge in [-0.1, -0.05) is 0 Å². The fourth-order valence-electron chi connectivity index (χ4n) is 3.31. The molecule has 5 nitrogen and oxygen atoms in total. The highest BCUT2D eigenvalue weighted by atomic mass is 16.5. The minimum absolute atomic E-state index is 0.0296. The van der Waals surface area contributed by atoms with Gasteiger partial charge in [-0.15, -0.1) is 0 Å². The number of esters is 1. The van der Waals surface area contributed by atoms with E-state index < -0.39 is 5.97 Å². The molecular weight excluding hydrogens is 306 g/mol. The summed E-state index contributed by atoms with van der Waals surface area (Å²) in [6, 6.07) is 4.18. The van der Waals surface area contributed by atoms with Gasteiger partial charge in [0.1, 0.15) is 12.1 Å². The summed E-state index contributed by atoms with van der Waals surface area (Å²) in [5.74, 6) is -0.509. The molecule has 3 rings (SSSR count). The van der Waals surface area contributed by atoms with Crippen LogP contribution < -0.4 is 0 Å². The number of hydrogen-bond acceptors (Lipinski definition) is 4. The minimum Gasteiger partial charge on any atom is -0.468 e. The van der Waals surface area contributed by atoms with E-state index in [1.54, 1.807) is 6.26 Å². The third kappa shape index (κ3) is 3.16. The summed E-state index contributed by atoms with van der Waals surface area (Å²) in [4.78, 5) is 25.7. The lowest BCUT2D eigenvalue weighted by atomic mass is 10.0. The summed E-state index contributed by atoms with van der Waals surface area (Å²) < 4.78 is 10.3. The number of fused-ring (bicyclic) bond motifs is 2. The van der Waals surface area contributed by atoms with Crippen molar-refractivity contribution in [2.45, 2.75) is 45.6 Å². The normalized spacial score (nSPS) is 13.3. The Morgan fingerprint density at radius 1 is 1.25 bits per heavy atom. The first-order valence-electron chi connectivity index (χ1n) is 8.37. The molecule has 0 unspecified atom stereocenters. The predicted molar refractivity (Wildman–Crippen MR) is 90.8 cm³/mol. The van der Waals surface area contributed by atoms with Gasteiger partial charge in [0.15, 0.2) is 0 Å². The Hall–Kier alpha value is -2.30. The molecule has 0 spiro atoms. The molecule has 2 aromatic rings. The Morgan fingerprint density at radius 3 is 2.62 bits per heavy atom. The number of methoxy groups -OCH3 is 1. The van der Waals surface area contributed by atoms with Gasteiger partial charge in [0.25, 0.3) is 0 Å². The topological polar surface area (TPSA) is 59.8 Å². The van der Waals surface area contributed by atoms with Crippen LogP contribution in [0.1, 0.15) is 37.0 Å². The van der Waals surface area contributed by atoms with Crippen molar-refractivity contribution in [2.24, 2.45) is 0 Å². The molecule has 0 bridgehead atoms. The van der Waals surface area contributed by atoms with Crippen LogP contribution in [0.2, 0.25) is 0 Å². The predicted octanol–water partition coefficient (Wildman–Crippen LogP) is 2.87. The summed E-state index contributed by atoms with van der Waals surface area (Å²) in [5, 5.41) is 1.01. The molecule has 1 aromatic carbocycles. The number of carbonyl (C=O) groups excluding carboxylic acids is 2. The molecule has 1 aliphatic carbocycles. The van der Waals surface area contributed by atoms with Crippen molar-refractivity contribution < 1.29 is 18.7 Å². The van der Waals surface area contributed by atoms with Gasteiger partial charge in [-0.25, -0.2) is 0 Å². The standard InChI is InChI=1S/C19H23NO4/c1-12(2)20(10-19(22)23-3)18(21)9-15-11-24-17-8-14-6-4-5-13(14)7-16(15)17/h7-8,11-12H,4-6,9-10H2,1-3H3. The van der Waals surface area contributed by atoms with Gasteiger partial charge in [-0.3, -0.25) is 9.59 Å². The molecule has 24 heavy (non-hydrogen) atoms. The van der Waals surface area contributed by atoms with Crippen LogP contribution in [-0.2, 0) is 33.6 Å². The maximum absolute atomic E-state index is 12.7. The van der Waals surface area contributed by atoms with Crippen LogP contribution in [-0.4, -0.2) is 36.5 Å². The van der Waals surface area contributed by atoms with E-state index in [9.17, 15) is 9.59 Å². The fourth-order valence-corrected chi connectivity index (χ4v) is 3.31. The number of furan rings is 1. The number of nitrogens with zero attached hydrogens (tertiary/aromatic N) is 1. The highest BCUT2D eigenvalue weighted by Gasteiger charge is 2.23. The summed E-state index contributed by atoms with van der Waals surface area (Å²) in [7, 11) is 1.33. The van der Waals surface area contributed by atoms with Crippen molar-refractivity contribution in [3.05, 3.63) is 35.1 Å². The van der Waals surface area contributed by atoms with Crippen LogP contribution in [0.4, 0.5) is 0 Å². The van der Waals surface area contributed by atoms with Crippen LogP contribution in [0.5, 0.6) is 0 Å². The molecule has 1 aliphatic rings. The second-order valence-electron chi connectivity index (χ2n) is 6.60. The maximum Gasteiger partial charge on any atom is 0.325 e. The van der Waals surface area contributed by atoms with Crippen LogP contribution in [0.25, 0.3) is 11.0 Å². The van der Waals surface area contributed by atoms with Crippen molar-refractivity contribution in [3.63, 3.8) is 0 Å². The highest BCUT2D eigenvalue weighted by Crippen LogP contribution is 2.30. The molecule has 1 aromatic heterocycles. The third-order valence-corrected chi connectivity index (χ3v) is 4.68. The molecule has 1 heterocycles. The lowest BCUT2D eigenvalue weighted by Gasteiger charge is -2.25. The third-order valence-electron chi connectivity index (χ3n) is 4.68. The molecule has 1 amide bonds. The summed E-state index contributed by atoms with van der Waals surface area (Å²) in [5.41, 5.74) is 4.42. The summed E-state index contributed by atoms with van der Waals surface area (Å²) in [6.45, 7) is 3.75. The number of hydrogen-bond donors (Lipinski definition) is 0. The average molecular weight is 329 g/mol. The van der Waals surface area contributed by atoms with Crippen molar-refractivity contribution >= 4 is 22.8 Å². The fraction of sp³-hybridized carbons (Fsp3) is 0.474. The molecule has 0 atom stereocenters. The van der Waals surface area contributed by atoms with Gasteiger partial charge in [-0.2, -0.15) is 0 Å². The van der Waals surface area contributed by atoms with Crippen molar-refractivity contribution in [1.29, 1.82) is 0 Å². The number of aryl methyl sites for hydroxylation is 2. The van der Waals surface area contributed by atoms with E-state index in [1.165, 1.54) is 29.6 Å². The molecule has 0 fully saturated rings. The first-order chi connectivity index (χ1) is 11.5. The Morgan fingerprint density at radius 2 is 1.96 bits per heavy atom. The first-order valence-corrected chi connectivity index (χ1v) is 8.37. The lowest BCUT2D eigenvalue weighted by molar-refractivity contribution is -0.147. The van der Waals surface area contributed by atoms with Crippen molar-refractivity contribution in [3.8, 4) is 0 Å². The monoisotopic (exact) mass is 329 g/mol. The van der Waals surface area contributed by atoms with Crippen LogP contribution in [0, 0.1) is 0 Å². The minimum atomic E-state index is -0.410. The largest absolute Gasteiger partial charge is 0.468 e. The number of rotatable bonds is 5. The maximum atomic E-state index is 12.7. The number of amides is 1. The second kappa shape index (κ2) is 6.67. The zero-order valence-corrected chi connectivity index (χ0v) is 14.4. The molecule has 0 saturated carbocycles. The van der Waals surface area contributed by atoms with E-state index in [0.717, 1.165) is 29.4 Å². The zero-order chi connectivity index (χ0) is 17.3. The molecule has 5 heteroatoms. The van der Waals surface area contributed by atoms with Crippen LogP contribution in [0.3, 0.4) is 0 Å². The SMILES string of the molecule is COC(=O)CN(C(=O)Cc1coc2cc3c(cc12)CCC3)C(C)C. The first kappa shape index (κ1) is 16.6. The van der Waals surface area contributed by atoms with Crippen LogP contribution in [0.15, 0.2) is 22.8 Å². The van der Waals surface area contributed by atoms with E-state index in [-0.39, 0.29) is 24.9 Å². The zero-order valence-electron chi connectivity index (χ0n) is 14.4. The number of ether oxygens (including phenoxy) is 1. The molecule has 0 radical (unpaired) electrons. The number of benzene rings is 1. The quantitative estimate of drug-likeness (QED) is 0.792. The summed E-state index contributed by atoms with van der Waals surface area (Å²) >= 11 is 0. The average Bonchev–Trinajstić information content (AvgIpc) is 3.16. The van der Waals surface area contributed by atoms with Crippen molar-refractivity contribution in [1.82, 2.24) is 4.90 Å². The number of carbonyl (C=O) groups is 2. The molecule has 0 saturated heterocycles. The van der Waals surface area contributed by atoms with E-state index >= 15 is 0 Å². The van der Waals surface area contributed by atoms with Gasteiger partial charge >= 0.3 is 5.97 Å². The molecular formula is C19H23NO4. The van der Waals surface area contributed by atoms with Gasteiger partial charge in [0, 0.05) is 17.0 Å². The van der Waals surface area contributed by atoms with E-state index in [0.29, 0.717) is 0 Å². The van der Waals surface area contributed by atoms with Gasteiger partial charge in [0.2, 0.25) is 5.91 Å². The van der Waals surface area contributed by atoms with E-state index in [1.807, 2.05) is 13.8 Å². The lowest BCUT2D eigenvalue weighted by Crippen LogP contribution is -2.41.